The van der Waals surface area contributed by atoms with Crippen LogP contribution in [0, 0.1) is 13.8 Å². The van der Waals surface area contributed by atoms with Crippen LogP contribution in [0.2, 0.25) is 0 Å². The number of aryl methyl sites for hydroxylation is 2. The molecule has 90 valence electrons. The molecule has 3 heteroatoms. The van der Waals surface area contributed by atoms with Gasteiger partial charge in [0, 0.05) is 12.0 Å². The Morgan fingerprint density at radius 3 is 2.12 bits per heavy atom. The van der Waals surface area contributed by atoms with E-state index in [1.807, 2.05) is 13.8 Å². The summed E-state index contributed by atoms with van der Waals surface area (Å²) in [6.07, 6.45) is 0.186. The van der Waals surface area contributed by atoms with Gasteiger partial charge in [0.15, 0.2) is 11.5 Å². The van der Waals surface area contributed by atoms with Crippen molar-refractivity contribution in [1.29, 1.82) is 0 Å². The van der Waals surface area contributed by atoms with Crippen molar-refractivity contribution in [3.8, 4) is 11.5 Å². The standard InChI is InChI=1S/C13H20O3/c1-8-6-9(2)12(15-4)13(16-5)11(8)7-10(3)14/h6,10,14H,7H2,1-5H3. The predicted molar refractivity (Wildman–Crippen MR) is 64.4 cm³/mol. The Morgan fingerprint density at radius 1 is 1.12 bits per heavy atom. The molecule has 16 heavy (non-hydrogen) atoms. The van der Waals surface area contributed by atoms with Gasteiger partial charge in [0.25, 0.3) is 0 Å². The molecule has 1 aromatic carbocycles. The van der Waals surface area contributed by atoms with Crippen LogP contribution in [0.1, 0.15) is 23.6 Å². The fourth-order valence-corrected chi connectivity index (χ4v) is 1.99. The Hall–Kier alpha value is -1.22. The molecule has 1 atom stereocenters. The first kappa shape index (κ1) is 12.8. The Balaban J connectivity index is 3.34. The molecule has 0 bridgehead atoms. The van der Waals surface area contributed by atoms with E-state index in [2.05, 4.69) is 6.07 Å². The highest BCUT2D eigenvalue weighted by Gasteiger charge is 2.16. The van der Waals surface area contributed by atoms with E-state index >= 15 is 0 Å². The van der Waals surface area contributed by atoms with Gasteiger partial charge in [0.05, 0.1) is 20.3 Å². The van der Waals surface area contributed by atoms with Gasteiger partial charge < -0.3 is 14.6 Å². The van der Waals surface area contributed by atoms with Gasteiger partial charge in [-0.3, -0.25) is 0 Å². The van der Waals surface area contributed by atoms with Crippen LogP contribution >= 0.6 is 0 Å². The lowest BCUT2D eigenvalue weighted by atomic mass is 9.98. The molecule has 0 aliphatic carbocycles. The average molecular weight is 224 g/mol. The molecule has 1 unspecified atom stereocenters. The number of hydrogen-bond acceptors (Lipinski definition) is 3. The van der Waals surface area contributed by atoms with E-state index < -0.39 is 0 Å². The number of rotatable bonds is 4. The van der Waals surface area contributed by atoms with Crippen LogP contribution in [0.4, 0.5) is 0 Å². The lowest BCUT2D eigenvalue weighted by molar-refractivity contribution is 0.193. The smallest absolute Gasteiger partial charge is 0.164 e. The highest BCUT2D eigenvalue weighted by molar-refractivity contribution is 5.55. The number of aliphatic hydroxyl groups excluding tert-OH is 1. The van der Waals surface area contributed by atoms with Gasteiger partial charge in [0.1, 0.15) is 0 Å². The van der Waals surface area contributed by atoms with Gasteiger partial charge in [-0.1, -0.05) is 6.07 Å². The van der Waals surface area contributed by atoms with Crippen molar-refractivity contribution in [2.45, 2.75) is 33.3 Å². The molecule has 0 saturated carbocycles. The quantitative estimate of drug-likeness (QED) is 0.852. The van der Waals surface area contributed by atoms with E-state index in [9.17, 15) is 5.11 Å². The highest BCUT2D eigenvalue weighted by Crippen LogP contribution is 2.37. The second kappa shape index (κ2) is 5.21. The van der Waals surface area contributed by atoms with Crippen LogP contribution < -0.4 is 9.47 Å². The van der Waals surface area contributed by atoms with Gasteiger partial charge in [0.2, 0.25) is 0 Å². The van der Waals surface area contributed by atoms with Gasteiger partial charge >= 0.3 is 0 Å². The van der Waals surface area contributed by atoms with E-state index in [0.29, 0.717) is 6.42 Å². The van der Waals surface area contributed by atoms with E-state index in [1.165, 1.54) is 0 Å². The van der Waals surface area contributed by atoms with Gasteiger partial charge in [-0.2, -0.15) is 0 Å². The summed E-state index contributed by atoms with van der Waals surface area (Å²) in [5.74, 6) is 1.49. The fraction of sp³-hybridized carbons (Fsp3) is 0.538. The second-order valence-corrected chi connectivity index (χ2v) is 4.11. The summed E-state index contributed by atoms with van der Waals surface area (Å²) in [5.41, 5.74) is 3.18. The molecule has 0 spiro atoms. The third kappa shape index (κ3) is 2.47. The predicted octanol–water partition coefficient (Wildman–Crippen LogP) is 2.24. The Kier molecular flexibility index (Phi) is 4.19. The third-order valence-corrected chi connectivity index (χ3v) is 2.66. The summed E-state index contributed by atoms with van der Waals surface area (Å²) in [4.78, 5) is 0. The maximum absolute atomic E-state index is 9.49. The molecule has 3 nitrogen and oxygen atoms in total. The largest absolute Gasteiger partial charge is 0.493 e. The maximum atomic E-state index is 9.49. The zero-order valence-corrected chi connectivity index (χ0v) is 10.6. The van der Waals surface area contributed by atoms with E-state index in [1.54, 1.807) is 21.1 Å². The van der Waals surface area contributed by atoms with Crippen molar-refractivity contribution in [2.24, 2.45) is 0 Å². The van der Waals surface area contributed by atoms with E-state index in [-0.39, 0.29) is 6.10 Å². The first-order chi connectivity index (χ1) is 7.51. The normalized spacial score (nSPS) is 12.4. The summed E-state index contributed by atoms with van der Waals surface area (Å²) in [7, 11) is 3.26. The maximum Gasteiger partial charge on any atom is 0.164 e. The van der Waals surface area contributed by atoms with Crippen LogP contribution in [0.5, 0.6) is 11.5 Å². The average Bonchev–Trinajstić information content (AvgIpc) is 2.20. The molecule has 0 saturated heterocycles. The molecule has 1 aromatic rings. The zero-order chi connectivity index (χ0) is 12.3. The number of ether oxygens (including phenoxy) is 2. The molecule has 0 fully saturated rings. The van der Waals surface area contributed by atoms with Gasteiger partial charge in [-0.15, -0.1) is 0 Å². The van der Waals surface area contributed by atoms with Crippen molar-refractivity contribution in [2.75, 3.05) is 14.2 Å². The molecule has 1 rings (SSSR count). The van der Waals surface area contributed by atoms with Crippen molar-refractivity contribution < 1.29 is 14.6 Å². The zero-order valence-electron chi connectivity index (χ0n) is 10.6. The summed E-state index contributed by atoms with van der Waals surface area (Å²) >= 11 is 0. The lowest BCUT2D eigenvalue weighted by Gasteiger charge is -2.18. The molecule has 0 heterocycles. The first-order valence-corrected chi connectivity index (χ1v) is 5.40. The van der Waals surface area contributed by atoms with Crippen molar-refractivity contribution >= 4 is 0 Å². The van der Waals surface area contributed by atoms with Crippen molar-refractivity contribution in [3.63, 3.8) is 0 Å². The number of aliphatic hydroxyl groups is 1. The van der Waals surface area contributed by atoms with Crippen LogP contribution in [0.25, 0.3) is 0 Å². The van der Waals surface area contributed by atoms with Crippen molar-refractivity contribution in [3.05, 3.63) is 22.8 Å². The summed E-state index contributed by atoms with van der Waals surface area (Å²) in [6, 6.07) is 2.05. The molecular formula is C13H20O3. The monoisotopic (exact) mass is 224 g/mol. The van der Waals surface area contributed by atoms with E-state index in [4.69, 9.17) is 9.47 Å². The summed E-state index contributed by atoms with van der Waals surface area (Å²) in [6.45, 7) is 5.78. The van der Waals surface area contributed by atoms with Crippen LogP contribution in [0.15, 0.2) is 6.07 Å². The molecular weight excluding hydrogens is 204 g/mol. The minimum Gasteiger partial charge on any atom is -0.493 e. The van der Waals surface area contributed by atoms with Gasteiger partial charge in [-0.25, -0.2) is 0 Å². The summed E-state index contributed by atoms with van der Waals surface area (Å²) < 4.78 is 10.7. The minimum absolute atomic E-state index is 0.389. The number of hydrogen-bond donors (Lipinski definition) is 1. The molecule has 0 aromatic heterocycles. The first-order valence-electron chi connectivity index (χ1n) is 5.40. The molecule has 0 aliphatic heterocycles. The molecule has 0 aliphatic rings. The Bertz CT molecular complexity index is 370. The van der Waals surface area contributed by atoms with Crippen LogP contribution in [0.3, 0.4) is 0 Å². The molecule has 0 amide bonds. The Morgan fingerprint density at radius 2 is 1.69 bits per heavy atom. The van der Waals surface area contributed by atoms with E-state index in [0.717, 1.165) is 28.2 Å². The van der Waals surface area contributed by atoms with Crippen LogP contribution in [-0.2, 0) is 6.42 Å². The van der Waals surface area contributed by atoms with Gasteiger partial charge in [-0.05, 0) is 31.9 Å². The minimum atomic E-state index is -0.389. The third-order valence-electron chi connectivity index (χ3n) is 2.66. The number of benzene rings is 1. The van der Waals surface area contributed by atoms with Crippen molar-refractivity contribution in [1.82, 2.24) is 0 Å². The topological polar surface area (TPSA) is 38.7 Å². The SMILES string of the molecule is COc1c(C)cc(C)c(CC(C)O)c1OC. The molecule has 0 radical (unpaired) electrons. The van der Waals surface area contributed by atoms with Crippen LogP contribution in [-0.4, -0.2) is 25.4 Å². The summed E-state index contributed by atoms with van der Waals surface area (Å²) in [5, 5.41) is 9.49. The lowest BCUT2D eigenvalue weighted by Crippen LogP contribution is -2.09. The number of methoxy groups -OCH3 is 2. The second-order valence-electron chi connectivity index (χ2n) is 4.11. The molecule has 1 N–H and O–H groups in total. The fourth-order valence-electron chi connectivity index (χ4n) is 1.99. The Labute approximate surface area is 97.0 Å². The highest BCUT2D eigenvalue weighted by atomic mass is 16.5.